The summed E-state index contributed by atoms with van der Waals surface area (Å²) in [5.74, 6) is 1.31. The summed E-state index contributed by atoms with van der Waals surface area (Å²) in [6.07, 6.45) is 4.99. The molecule has 1 saturated carbocycles. The average Bonchev–Trinajstić information content (AvgIpc) is 3.05. The van der Waals surface area contributed by atoms with Crippen LogP contribution in [0.5, 0.6) is 5.75 Å². The molecule has 7 heteroatoms. The lowest BCUT2D eigenvalue weighted by Gasteiger charge is -2.60. The van der Waals surface area contributed by atoms with Crippen LogP contribution in [0.1, 0.15) is 46.5 Å². The molecule has 2 bridgehead atoms. The normalized spacial score (nSPS) is 42.0. The highest BCUT2D eigenvalue weighted by molar-refractivity contribution is 5.84. The highest BCUT2D eigenvalue weighted by Gasteiger charge is 2.69. The van der Waals surface area contributed by atoms with E-state index in [-0.39, 0.29) is 18.1 Å². The quantitative estimate of drug-likeness (QED) is 0.472. The maximum absolute atomic E-state index is 6.46. The molecule has 8 atom stereocenters. The third-order valence-corrected chi connectivity index (χ3v) is 8.32. The van der Waals surface area contributed by atoms with Crippen LogP contribution in [0.25, 0.3) is 10.9 Å². The molecule has 1 aliphatic carbocycles. The van der Waals surface area contributed by atoms with Crippen molar-refractivity contribution in [2.75, 3.05) is 13.2 Å². The molecule has 1 aromatic carbocycles. The van der Waals surface area contributed by atoms with Gasteiger partial charge in [0.25, 0.3) is 0 Å². The molecule has 7 rings (SSSR count). The van der Waals surface area contributed by atoms with E-state index in [0.717, 1.165) is 35.9 Å². The lowest BCUT2D eigenvalue weighted by molar-refractivity contribution is -0.577. The molecular formula is C26H33NO6. The smallest absolute Gasteiger partial charge is 0.201 e. The summed E-state index contributed by atoms with van der Waals surface area (Å²) >= 11 is 0. The number of pyridine rings is 1. The van der Waals surface area contributed by atoms with E-state index in [1.807, 2.05) is 37.3 Å². The fourth-order valence-electron chi connectivity index (χ4n) is 6.57. The number of para-hydroxylation sites is 1. The predicted molar refractivity (Wildman–Crippen MR) is 120 cm³/mol. The maximum Gasteiger partial charge on any atom is 0.201 e. The second-order valence-electron chi connectivity index (χ2n) is 10.3. The van der Waals surface area contributed by atoms with Gasteiger partial charge in [-0.1, -0.05) is 32.0 Å². The van der Waals surface area contributed by atoms with Gasteiger partial charge in [0.2, 0.25) is 5.79 Å². The Balaban J connectivity index is 1.15. The molecule has 7 nitrogen and oxygen atoms in total. The van der Waals surface area contributed by atoms with Gasteiger partial charge >= 0.3 is 0 Å². The molecular weight excluding hydrogens is 422 g/mol. The van der Waals surface area contributed by atoms with Crippen molar-refractivity contribution in [2.45, 2.75) is 70.4 Å². The zero-order valence-electron chi connectivity index (χ0n) is 19.6. The van der Waals surface area contributed by atoms with Crippen molar-refractivity contribution < 1.29 is 28.7 Å². The minimum atomic E-state index is -0.771. The predicted octanol–water partition coefficient (Wildman–Crippen LogP) is 4.84. The second kappa shape index (κ2) is 8.17. The Morgan fingerprint density at radius 2 is 1.91 bits per heavy atom. The molecule has 4 saturated heterocycles. The third kappa shape index (κ3) is 3.48. The van der Waals surface area contributed by atoms with Crippen molar-refractivity contribution in [1.82, 2.24) is 4.98 Å². The van der Waals surface area contributed by atoms with Crippen LogP contribution >= 0.6 is 0 Å². The van der Waals surface area contributed by atoms with E-state index in [0.29, 0.717) is 25.0 Å². The summed E-state index contributed by atoms with van der Waals surface area (Å²) in [7, 11) is 0. The molecule has 0 amide bonds. The number of hydrogen-bond donors (Lipinski definition) is 0. The highest BCUT2D eigenvalue weighted by Crippen LogP contribution is 2.60. The van der Waals surface area contributed by atoms with E-state index in [9.17, 15) is 0 Å². The highest BCUT2D eigenvalue weighted by atomic mass is 17.3. The SMILES string of the molecule is C[C@H]1[C@@H](OCCOc2cccc3cccnc23)O[C@@H]2O[C@@]3(C)CCC4[C@H](C)CC[C@@H]1[C@]42OO3. The van der Waals surface area contributed by atoms with Gasteiger partial charge in [-0.15, -0.1) is 0 Å². The van der Waals surface area contributed by atoms with Gasteiger partial charge in [0.1, 0.15) is 17.9 Å². The number of rotatable bonds is 5. The first-order valence-corrected chi connectivity index (χ1v) is 12.3. The Labute approximate surface area is 194 Å². The van der Waals surface area contributed by atoms with Gasteiger partial charge in [0, 0.05) is 29.8 Å². The van der Waals surface area contributed by atoms with Gasteiger partial charge in [-0.2, -0.15) is 0 Å². The van der Waals surface area contributed by atoms with Gasteiger partial charge in [-0.05, 0) is 50.2 Å². The van der Waals surface area contributed by atoms with Crippen LogP contribution in [-0.2, 0) is 24.0 Å². The topological polar surface area (TPSA) is 68.3 Å². The van der Waals surface area contributed by atoms with E-state index < -0.39 is 17.7 Å². The fraction of sp³-hybridized carbons (Fsp3) is 0.654. The number of benzene rings is 1. The number of aromatic nitrogens is 1. The van der Waals surface area contributed by atoms with Gasteiger partial charge in [-0.25, -0.2) is 9.78 Å². The lowest BCUT2D eigenvalue weighted by atomic mass is 9.58. The minimum absolute atomic E-state index is 0.158. The Kier molecular flexibility index (Phi) is 5.38. The zero-order chi connectivity index (χ0) is 22.6. The molecule has 5 heterocycles. The van der Waals surface area contributed by atoms with Crippen LogP contribution in [-0.4, -0.2) is 42.2 Å². The van der Waals surface area contributed by atoms with E-state index in [4.69, 9.17) is 28.7 Å². The molecule has 5 aliphatic rings. The lowest BCUT2D eigenvalue weighted by Crippen LogP contribution is -2.70. The molecule has 4 aliphatic heterocycles. The van der Waals surface area contributed by atoms with Crippen molar-refractivity contribution in [2.24, 2.45) is 23.7 Å². The molecule has 0 radical (unpaired) electrons. The van der Waals surface area contributed by atoms with Crippen LogP contribution in [0.4, 0.5) is 0 Å². The van der Waals surface area contributed by atoms with Crippen LogP contribution in [0.2, 0.25) is 0 Å². The van der Waals surface area contributed by atoms with Crippen molar-refractivity contribution in [3.63, 3.8) is 0 Å². The maximum atomic E-state index is 6.46. The summed E-state index contributed by atoms with van der Waals surface area (Å²) in [5, 5.41) is 1.06. The van der Waals surface area contributed by atoms with Gasteiger partial charge < -0.3 is 18.9 Å². The number of fused-ring (bicyclic) bond motifs is 3. The summed E-state index contributed by atoms with van der Waals surface area (Å²) in [4.78, 5) is 16.5. The molecule has 2 aromatic rings. The van der Waals surface area contributed by atoms with Crippen molar-refractivity contribution >= 4 is 10.9 Å². The second-order valence-corrected chi connectivity index (χ2v) is 10.3. The number of hydrogen-bond acceptors (Lipinski definition) is 7. The molecule has 1 spiro atoms. The third-order valence-electron chi connectivity index (χ3n) is 8.32. The first kappa shape index (κ1) is 21.7. The molecule has 178 valence electrons. The minimum Gasteiger partial charge on any atom is -0.489 e. The summed E-state index contributed by atoms with van der Waals surface area (Å²) in [6.45, 7) is 7.30. The van der Waals surface area contributed by atoms with Crippen LogP contribution in [0, 0.1) is 23.7 Å². The Bertz CT molecular complexity index is 1010. The fourth-order valence-corrected chi connectivity index (χ4v) is 6.57. The summed E-state index contributed by atoms with van der Waals surface area (Å²) < 4.78 is 25.1. The molecule has 1 unspecified atom stereocenters. The molecule has 33 heavy (non-hydrogen) atoms. The molecule has 1 aromatic heterocycles. The Morgan fingerprint density at radius 3 is 2.82 bits per heavy atom. The number of nitrogens with zero attached hydrogens (tertiary/aromatic N) is 1. The summed E-state index contributed by atoms with van der Waals surface area (Å²) in [6, 6.07) is 9.91. The standard InChI is InChI=1S/C26H33NO6/c1-16-9-10-20-17(2)23(30-24-26(20)19(16)11-12-25(3,31-24)32-33-26)29-15-14-28-21-8-4-6-18-7-5-13-27-22(18)21/h4-8,13,16-17,19-20,23-24H,9-12,14-15H2,1-3H3/t16-,17-,19?,20+,23+,24-,25-,26-/m1/s1. The Morgan fingerprint density at radius 1 is 1.03 bits per heavy atom. The Hall–Kier alpha value is -1.77. The van der Waals surface area contributed by atoms with Crippen LogP contribution in [0.3, 0.4) is 0 Å². The van der Waals surface area contributed by atoms with Crippen molar-refractivity contribution in [1.29, 1.82) is 0 Å². The van der Waals surface area contributed by atoms with Gasteiger partial charge in [-0.3, -0.25) is 4.98 Å². The summed E-state index contributed by atoms with van der Waals surface area (Å²) in [5.41, 5.74) is 0.304. The van der Waals surface area contributed by atoms with Gasteiger partial charge in [0.05, 0.1) is 6.61 Å². The van der Waals surface area contributed by atoms with Crippen LogP contribution in [0.15, 0.2) is 36.5 Å². The number of ether oxygens (including phenoxy) is 4. The monoisotopic (exact) mass is 455 g/mol. The van der Waals surface area contributed by atoms with E-state index in [1.54, 1.807) is 6.20 Å². The first-order valence-electron chi connectivity index (χ1n) is 12.3. The van der Waals surface area contributed by atoms with E-state index in [2.05, 4.69) is 18.8 Å². The average molecular weight is 456 g/mol. The van der Waals surface area contributed by atoms with Crippen LogP contribution < -0.4 is 4.74 Å². The molecule has 5 fully saturated rings. The molecule has 0 N–H and O–H groups in total. The van der Waals surface area contributed by atoms with E-state index >= 15 is 0 Å². The zero-order valence-corrected chi connectivity index (χ0v) is 19.6. The van der Waals surface area contributed by atoms with Crippen molar-refractivity contribution in [3.8, 4) is 5.75 Å². The largest absolute Gasteiger partial charge is 0.489 e. The van der Waals surface area contributed by atoms with Gasteiger partial charge in [0.15, 0.2) is 18.2 Å². The first-order chi connectivity index (χ1) is 16.0. The van der Waals surface area contributed by atoms with E-state index in [1.165, 1.54) is 6.42 Å². The van der Waals surface area contributed by atoms with Crippen molar-refractivity contribution in [3.05, 3.63) is 36.5 Å².